The summed E-state index contributed by atoms with van der Waals surface area (Å²) < 4.78 is 2.78. The van der Waals surface area contributed by atoms with Gasteiger partial charge in [0.15, 0.2) is 5.65 Å². The van der Waals surface area contributed by atoms with Gasteiger partial charge in [-0.05, 0) is 40.4 Å². The van der Waals surface area contributed by atoms with Crippen molar-refractivity contribution in [2.75, 3.05) is 18.0 Å². The van der Waals surface area contributed by atoms with E-state index in [1.165, 1.54) is 0 Å². The summed E-state index contributed by atoms with van der Waals surface area (Å²) in [5, 5.41) is 4.55. The lowest BCUT2D eigenvalue weighted by molar-refractivity contribution is 0.345. The van der Waals surface area contributed by atoms with E-state index in [2.05, 4.69) is 37.8 Å². The number of nitrogens with zero attached hydrogens (tertiary/aromatic N) is 4. The zero-order chi connectivity index (χ0) is 13.4. The molecule has 1 aliphatic heterocycles. The van der Waals surface area contributed by atoms with Crippen molar-refractivity contribution in [3.05, 3.63) is 22.8 Å². The minimum Gasteiger partial charge on any atom is -0.339 e. The van der Waals surface area contributed by atoms with Crippen LogP contribution >= 0.6 is 15.9 Å². The number of pyridine rings is 1. The average molecular weight is 324 g/mol. The van der Waals surface area contributed by atoms with Gasteiger partial charge in [-0.2, -0.15) is 4.98 Å². The summed E-state index contributed by atoms with van der Waals surface area (Å²) in [5.74, 6) is 1.33. The second-order valence-corrected chi connectivity index (χ2v) is 5.96. The Labute approximate surface area is 120 Å². The molecule has 0 amide bonds. The van der Waals surface area contributed by atoms with Crippen molar-refractivity contribution in [2.45, 2.75) is 25.8 Å². The van der Waals surface area contributed by atoms with Crippen LogP contribution in [-0.2, 0) is 0 Å². The Balaban J connectivity index is 1.90. The van der Waals surface area contributed by atoms with Crippen molar-refractivity contribution in [3.8, 4) is 0 Å². The number of nitrogens with two attached hydrogens (primary N) is 1. The van der Waals surface area contributed by atoms with Gasteiger partial charge >= 0.3 is 0 Å². The molecule has 102 valence electrons. The predicted octanol–water partition coefficient (Wildman–Crippen LogP) is 2.06. The van der Waals surface area contributed by atoms with Gasteiger partial charge in [-0.1, -0.05) is 13.3 Å². The fraction of sp³-hybridized carbons (Fsp3) is 0.538. The van der Waals surface area contributed by atoms with E-state index >= 15 is 0 Å². The Morgan fingerprint density at radius 3 is 3.11 bits per heavy atom. The second-order valence-electron chi connectivity index (χ2n) is 5.10. The topological polar surface area (TPSA) is 59.5 Å². The summed E-state index contributed by atoms with van der Waals surface area (Å²) in [6, 6.07) is 4.25. The van der Waals surface area contributed by atoms with Crippen LogP contribution in [0, 0.1) is 5.92 Å². The van der Waals surface area contributed by atoms with Crippen molar-refractivity contribution in [1.82, 2.24) is 14.6 Å². The molecule has 1 saturated heterocycles. The highest BCUT2D eigenvalue weighted by Gasteiger charge is 2.27. The van der Waals surface area contributed by atoms with Crippen LogP contribution in [-0.4, -0.2) is 33.7 Å². The van der Waals surface area contributed by atoms with Crippen molar-refractivity contribution < 1.29 is 0 Å². The number of halogens is 1. The van der Waals surface area contributed by atoms with E-state index in [4.69, 9.17) is 5.73 Å². The Kier molecular flexibility index (Phi) is 3.45. The van der Waals surface area contributed by atoms with Crippen molar-refractivity contribution in [1.29, 1.82) is 0 Å². The molecule has 0 saturated carbocycles. The standard InChI is InChI=1S/C13H18BrN5/c1-2-9-8-18(7-5-11(9)15)13-16-12-10(14)4-3-6-19(12)17-13/h3-4,6,9,11H,2,5,7-8,15H2,1H3. The first-order chi connectivity index (χ1) is 9.19. The maximum absolute atomic E-state index is 6.15. The molecule has 5 nitrogen and oxygen atoms in total. The molecule has 1 aliphatic rings. The highest BCUT2D eigenvalue weighted by atomic mass is 79.9. The summed E-state index contributed by atoms with van der Waals surface area (Å²) in [4.78, 5) is 6.87. The number of aromatic nitrogens is 3. The van der Waals surface area contributed by atoms with Gasteiger partial charge in [0.2, 0.25) is 5.95 Å². The molecule has 0 radical (unpaired) electrons. The van der Waals surface area contributed by atoms with Crippen LogP contribution in [0.25, 0.3) is 5.65 Å². The first-order valence-corrected chi connectivity index (χ1v) is 7.49. The fourth-order valence-electron chi connectivity index (χ4n) is 2.66. The van der Waals surface area contributed by atoms with E-state index in [9.17, 15) is 0 Å². The molecule has 2 aromatic rings. The van der Waals surface area contributed by atoms with Gasteiger partial charge in [0.05, 0.1) is 4.47 Å². The zero-order valence-electron chi connectivity index (χ0n) is 11.0. The number of fused-ring (bicyclic) bond motifs is 1. The molecular weight excluding hydrogens is 306 g/mol. The Morgan fingerprint density at radius 2 is 2.37 bits per heavy atom. The van der Waals surface area contributed by atoms with Crippen LogP contribution in [0.15, 0.2) is 22.8 Å². The van der Waals surface area contributed by atoms with Crippen LogP contribution in [0.2, 0.25) is 0 Å². The minimum absolute atomic E-state index is 0.310. The minimum atomic E-state index is 0.310. The Hall–Kier alpha value is -1.14. The highest BCUT2D eigenvalue weighted by Crippen LogP contribution is 2.24. The first-order valence-electron chi connectivity index (χ1n) is 6.70. The molecule has 0 spiro atoms. The molecule has 2 atom stereocenters. The normalized spacial score (nSPS) is 24.1. The SMILES string of the molecule is CCC1CN(c2nc3c(Br)cccn3n2)CCC1N. The average Bonchev–Trinajstić information content (AvgIpc) is 2.85. The summed E-state index contributed by atoms with van der Waals surface area (Å²) >= 11 is 3.51. The van der Waals surface area contributed by atoms with Crippen molar-refractivity contribution in [2.24, 2.45) is 11.7 Å². The van der Waals surface area contributed by atoms with Gasteiger partial charge in [0, 0.05) is 25.3 Å². The lowest BCUT2D eigenvalue weighted by Crippen LogP contribution is -2.47. The second kappa shape index (κ2) is 5.09. The maximum atomic E-state index is 6.15. The fourth-order valence-corrected chi connectivity index (χ4v) is 3.08. The first kappa shape index (κ1) is 12.9. The molecule has 2 N–H and O–H groups in total. The molecule has 3 rings (SSSR count). The number of rotatable bonds is 2. The monoisotopic (exact) mass is 323 g/mol. The van der Waals surface area contributed by atoms with Crippen LogP contribution < -0.4 is 10.6 Å². The van der Waals surface area contributed by atoms with Gasteiger partial charge in [-0.15, -0.1) is 5.10 Å². The molecule has 6 heteroatoms. The zero-order valence-corrected chi connectivity index (χ0v) is 12.5. The van der Waals surface area contributed by atoms with Crippen LogP contribution in [0.3, 0.4) is 0 Å². The number of hydrogen-bond acceptors (Lipinski definition) is 4. The van der Waals surface area contributed by atoms with Crippen molar-refractivity contribution in [3.63, 3.8) is 0 Å². The number of anilines is 1. The van der Waals surface area contributed by atoms with Crippen molar-refractivity contribution >= 4 is 27.5 Å². The third-order valence-corrected chi connectivity index (χ3v) is 4.52. The third kappa shape index (κ3) is 2.34. The van der Waals surface area contributed by atoms with E-state index in [1.54, 1.807) is 0 Å². The number of hydrogen-bond donors (Lipinski definition) is 1. The van der Waals surface area contributed by atoms with E-state index in [0.29, 0.717) is 12.0 Å². The summed E-state index contributed by atoms with van der Waals surface area (Å²) in [6.45, 7) is 4.08. The molecule has 0 bridgehead atoms. The maximum Gasteiger partial charge on any atom is 0.245 e. The third-order valence-electron chi connectivity index (χ3n) is 3.90. The van der Waals surface area contributed by atoms with Gasteiger partial charge < -0.3 is 10.6 Å². The van der Waals surface area contributed by atoms with Crippen LogP contribution in [0.4, 0.5) is 5.95 Å². The largest absolute Gasteiger partial charge is 0.339 e. The van der Waals surface area contributed by atoms with Gasteiger partial charge in [0.25, 0.3) is 0 Å². The summed E-state index contributed by atoms with van der Waals surface area (Å²) in [6.07, 6.45) is 4.04. The smallest absolute Gasteiger partial charge is 0.245 e. The highest BCUT2D eigenvalue weighted by molar-refractivity contribution is 9.10. The summed E-state index contributed by atoms with van der Waals surface area (Å²) in [7, 11) is 0. The quantitative estimate of drug-likeness (QED) is 0.919. The Morgan fingerprint density at radius 1 is 1.53 bits per heavy atom. The molecule has 3 heterocycles. The van der Waals surface area contributed by atoms with E-state index in [-0.39, 0.29) is 0 Å². The van der Waals surface area contributed by atoms with Gasteiger partial charge in [0.1, 0.15) is 0 Å². The lowest BCUT2D eigenvalue weighted by atomic mass is 9.91. The van der Waals surface area contributed by atoms with Crippen LogP contribution in [0.1, 0.15) is 19.8 Å². The van der Waals surface area contributed by atoms with Crippen LogP contribution in [0.5, 0.6) is 0 Å². The summed E-state index contributed by atoms with van der Waals surface area (Å²) in [5.41, 5.74) is 7.01. The predicted molar refractivity (Wildman–Crippen MR) is 79.3 cm³/mol. The molecule has 19 heavy (non-hydrogen) atoms. The molecule has 0 aliphatic carbocycles. The lowest BCUT2D eigenvalue weighted by Gasteiger charge is -2.35. The molecule has 2 aromatic heterocycles. The number of piperidine rings is 1. The molecule has 0 aromatic carbocycles. The van der Waals surface area contributed by atoms with E-state index in [0.717, 1.165) is 42.0 Å². The molecule has 1 fully saturated rings. The van der Waals surface area contributed by atoms with Gasteiger partial charge in [-0.3, -0.25) is 0 Å². The van der Waals surface area contributed by atoms with Gasteiger partial charge in [-0.25, -0.2) is 4.52 Å². The van der Waals surface area contributed by atoms with E-state index in [1.807, 2.05) is 22.8 Å². The molecular formula is C13H18BrN5. The van der Waals surface area contributed by atoms with E-state index < -0.39 is 0 Å². The molecule has 2 unspecified atom stereocenters. The Bertz CT molecular complexity index is 581.